The van der Waals surface area contributed by atoms with E-state index in [1.165, 1.54) is 24.3 Å². The highest BCUT2D eigenvalue weighted by atomic mass is 32.2. The van der Waals surface area contributed by atoms with Crippen molar-refractivity contribution in [2.45, 2.75) is 26.2 Å². The molecule has 0 atom stereocenters. The molecule has 3 nitrogen and oxygen atoms in total. The summed E-state index contributed by atoms with van der Waals surface area (Å²) in [5.41, 5.74) is 0. The SMILES string of the molecule is CCCOc1cccnc1NCC1CCSCC1. The standard InChI is InChI=1S/C14H22N2OS/c1-2-8-17-13-4-3-7-15-14(13)16-11-12-5-9-18-10-6-12/h3-4,7,12H,2,5-6,8-11H2,1H3,(H,15,16). The van der Waals surface area contributed by atoms with Gasteiger partial charge in [0, 0.05) is 12.7 Å². The Labute approximate surface area is 114 Å². The number of aromatic nitrogens is 1. The van der Waals surface area contributed by atoms with Crippen LogP contribution >= 0.6 is 11.8 Å². The number of hydrogen-bond acceptors (Lipinski definition) is 4. The van der Waals surface area contributed by atoms with Crippen LogP contribution in [-0.4, -0.2) is 29.6 Å². The van der Waals surface area contributed by atoms with Crippen LogP contribution in [0.2, 0.25) is 0 Å². The Morgan fingerprint density at radius 1 is 1.44 bits per heavy atom. The molecule has 1 aliphatic rings. The van der Waals surface area contributed by atoms with Gasteiger partial charge >= 0.3 is 0 Å². The van der Waals surface area contributed by atoms with Gasteiger partial charge in [-0.25, -0.2) is 4.98 Å². The average Bonchev–Trinajstić information content (AvgIpc) is 2.45. The number of nitrogens with one attached hydrogen (secondary N) is 1. The van der Waals surface area contributed by atoms with Gasteiger partial charge in [-0.15, -0.1) is 0 Å². The molecule has 2 rings (SSSR count). The molecule has 0 spiro atoms. The summed E-state index contributed by atoms with van der Waals surface area (Å²) in [4.78, 5) is 4.37. The second-order valence-electron chi connectivity index (χ2n) is 4.64. The van der Waals surface area contributed by atoms with Crippen LogP contribution in [0.3, 0.4) is 0 Å². The van der Waals surface area contributed by atoms with Crippen molar-refractivity contribution in [1.29, 1.82) is 0 Å². The molecule has 0 radical (unpaired) electrons. The zero-order chi connectivity index (χ0) is 12.6. The molecule has 1 aromatic rings. The molecule has 0 aliphatic carbocycles. The zero-order valence-electron chi connectivity index (χ0n) is 11.0. The van der Waals surface area contributed by atoms with Crippen molar-refractivity contribution in [1.82, 2.24) is 4.98 Å². The Kier molecular flexibility index (Phi) is 5.65. The highest BCUT2D eigenvalue weighted by molar-refractivity contribution is 7.99. The van der Waals surface area contributed by atoms with E-state index in [0.717, 1.165) is 37.1 Å². The molecule has 2 heterocycles. The molecule has 18 heavy (non-hydrogen) atoms. The topological polar surface area (TPSA) is 34.1 Å². The Hall–Kier alpha value is -0.900. The van der Waals surface area contributed by atoms with Crippen molar-refractivity contribution < 1.29 is 4.74 Å². The fourth-order valence-electron chi connectivity index (χ4n) is 2.04. The Morgan fingerprint density at radius 3 is 3.06 bits per heavy atom. The number of ether oxygens (including phenoxy) is 1. The maximum Gasteiger partial charge on any atom is 0.168 e. The lowest BCUT2D eigenvalue weighted by Crippen LogP contribution is -2.19. The second kappa shape index (κ2) is 7.52. The van der Waals surface area contributed by atoms with Gasteiger partial charge in [0.05, 0.1) is 6.61 Å². The molecular weight excluding hydrogens is 244 g/mol. The molecule has 1 saturated heterocycles. The summed E-state index contributed by atoms with van der Waals surface area (Å²) >= 11 is 2.07. The molecule has 0 unspecified atom stereocenters. The molecule has 1 aromatic heterocycles. The van der Waals surface area contributed by atoms with Crippen LogP contribution in [0.25, 0.3) is 0 Å². The maximum atomic E-state index is 5.70. The van der Waals surface area contributed by atoms with E-state index in [0.29, 0.717) is 0 Å². The summed E-state index contributed by atoms with van der Waals surface area (Å²) in [5, 5.41) is 3.45. The fraction of sp³-hybridized carbons (Fsp3) is 0.643. The number of thioether (sulfide) groups is 1. The maximum absolute atomic E-state index is 5.70. The summed E-state index contributed by atoms with van der Waals surface area (Å²) in [7, 11) is 0. The van der Waals surface area contributed by atoms with Gasteiger partial charge in [-0.3, -0.25) is 0 Å². The van der Waals surface area contributed by atoms with Crippen molar-refractivity contribution >= 4 is 17.6 Å². The molecule has 0 amide bonds. The summed E-state index contributed by atoms with van der Waals surface area (Å²) in [6, 6.07) is 3.91. The van der Waals surface area contributed by atoms with Gasteiger partial charge in [0.1, 0.15) is 0 Å². The largest absolute Gasteiger partial charge is 0.490 e. The van der Waals surface area contributed by atoms with Crippen LogP contribution < -0.4 is 10.1 Å². The van der Waals surface area contributed by atoms with E-state index in [4.69, 9.17) is 4.74 Å². The van der Waals surface area contributed by atoms with Gasteiger partial charge in [-0.2, -0.15) is 11.8 Å². The fourth-order valence-corrected chi connectivity index (χ4v) is 3.25. The lowest BCUT2D eigenvalue weighted by Gasteiger charge is -2.22. The molecule has 1 N–H and O–H groups in total. The van der Waals surface area contributed by atoms with E-state index in [2.05, 4.69) is 29.0 Å². The minimum atomic E-state index is 0.750. The van der Waals surface area contributed by atoms with Gasteiger partial charge < -0.3 is 10.1 Å². The van der Waals surface area contributed by atoms with Crippen LogP contribution in [0, 0.1) is 5.92 Å². The number of pyridine rings is 1. The molecule has 100 valence electrons. The quantitative estimate of drug-likeness (QED) is 0.855. The van der Waals surface area contributed by atoms with E-state index in [9.17, 15) is 0 Å². The summed E-state index contributed by atoms with van der Waals surface area (Å²) in [6.07, 6.45) is 5.47. The molecule has 0 saturated carbocycles. The van der Waals surface area contributed by atoms with E-state index in [-0.39, 0.29) is 0 Å². The third-order valence-corrected chi connectivity index (χ3v) is 4.18. The molecule has 1 aliphatic heterocycles. The predicted molar refractivity (Wildman–Crippen MR) is 78.6 cm³/mol. The second-order valence-corrected chi connectivity index (χ2v) is 5.86. The molecular formula is C14H22N2OS. The average molecular weight is 266 g/mol. The van der Waals surface area contributed by atoms with Gasteiger partial charge in [0.2, 0.25) is 0 Å². The molecule has 0 aromatic carbocycles. The van der Waals surface area contributed by atoms with Crippen LogP contribution in [0.4, 0.5) is 5.82 Å². The first-order valence-corrected chi connectivity index (χ1v) is 7.95. The van der Waals surface area contributed by atoms with E-state index < -0.39 is 0 Å². The number of anilines is 1. The van der Waals surface area contributed by atoms with Crippen LogP contribution in [-0.2, 0) is 0 Å². The van der Waals surface area contributed by atoms with E-state index in [1.807, 2.05) is 18.3 Å². The number of nitrogens with zero attached hydrogens (tertiary/aromatic N) is 1. The van der Waals surface area contributed by atoms with Gasteiger partial charge in [-0.1, -0.05) is 6.92 Å². The summed E-state index contributed by atoms with van der Waals surface area (Å²) in [6.45, 7) is 3.88. The van der Waals surface area contributed by atoms with Crippen LogP contribution in [0.5, 0.6) is 5.75 Å². The van der Waals surface area contributed by atoms with Crippen LogP contribution in [0.15, 0.2) is 18.3 Å². The molecule has 0 bridgehead atoms. The van der Waals surface area contributed by atoms with Crippen LogP contribution in [0.1, 0.15) is 26.2 Å². The third kappa shape index (κ3) is 4.09. The Balaban J connectivity index is 1.87. The van der Waals surface area contributed by atoms with Gasteiger partial charge in [0.15, 0.2) is 11.6 Å². The Morgan fingerprint density at radius 2 is 2.28 bits per heavy atom. The van der Waals surface area contributed by atoms with Crippen molar-refractivity contribution in [3.8, 4) is 5.75 Å². The van der Waals surface area contributed by atoms with Crippen molar-refractivity contribution in [3.63, 3.8) is 0 Å². The normalized spacial score (nSPS) is 16.5. The van der Waals surface area contributed by atoms with E-state index in [1.54, 1.807) is 0 Å². The smallest absolute Gasteiger partial charge is 0.168 e. The lowest BCUT2D eigenvalue weighted by molar-refractivity contribution is 0.317. The lowest BCUT2D eigenvalue weighted by atomic mass is 10.0. The van der Waals surface area contributed by atoms with Crippen molar-refractivity contribution in [2.75, 3.05) is 30.0 Å². The first-order valence-electron chi connectivity index (χ1n) is 6.79. The monoisotopic (exact) mass is 266 g/mol. The highest BCUT2D eigenvalue weighted by Gasteiger charge is 2.14. The van der Waals surface area contributed by atoms with Gasteiger partial charge in [-0.05, 0) is 48.8 Å². The van der Waals surface area contributed by atoms with E-state index >= 15 is 0 Å². The summed E-state index contributed by atoms with van der Waals surface area (Å²) in [5.74, 6) is 5.16. The minimum Gasteiger partial charge on any atom is -0.490 e. The molecule has 4 heteroatoms. The van der Waals surface area contributed by atoms with Crippen molar-refractivity contribution in [3.05, 3.63) is 18.3 Å². The number of rotatable bonds is 6. The van der Waals surface area contributed by atoms with Crippen molar-refractivity contribution in [2.24, 2.45) is 5.92 Å². The van der Waals surface area contributed by atoms with Gasteiger partial charge in [0.25, 0.3) is 0 Å². The Bertz CT molecular complexity index is 353. The number of hydrogen-bond donors (Lipinski definition) is 1. The minimum absolute atomic E-state index is 0.750. The third-order valence-electron chi connectivity index (χ3n) is 3.13. The zero-order valence-corrected chi connectivity index (χ0v) is 11.8. The highest BCUT2D eigenvalue weighted by Crippen LogP contribution is 2.25. The summed E-state index contributed by atoms with van der Waals surface area (Å²) < 4.78 is 5.70. The first kappa shape index (κ1) is 13.5. The molecule has 1 fully saturated rings. The predicted octanol–water partition coefficient (Wildman–Crippen LogP) is 3.43. The first-order chi connectivity index (χ1) is 8.90.